The normalized spacial score (nSPS) is 13.4. The van der Waals surface area contributed by atoms with Crippen LogP contribution in [0.4, 0.5) is 5.69 Å². The number of carbonyl (C=O) groups excluding carboxylic acids is 2. The highest BCUT2D eigenvalue weighted by molar-refractivity contribution is 5.97. The molecule has 6 nitrogen and oxygen atoms in total. The van der Waals surface area contributed by atoms with E-state index in [9.17, 15) is 9.59 Å². The first-order chi connectivity index (χ1) is 11.9. The molecular weight excluding hydrogens is 316 g/mol. The molecule has 0 fully saturated rings. The van der Waals surface area contributed by atoms with Crippen LogP contribution >= 0.6 is 0 Å². The molecule has 1 rings (SSSR count). The lowest BCUT2D eigenvalue weighted by Gasteiger charge is -2.18. The van der Waals surface area contributed by atoms with Crippen LogP contribution in [0.3, 0.4) is 0 Å². The Morgan fingerprint density at radius 2 is 1.72 bits per heavy atom. The lowest BCUT2D eigenvalue weighted by Crippen LogP contribution is -2.40. The fourth-order valence-corrected chi connectivity index (χ4v) is 2.41. The van der Waals surface area contributed by atoms with Gasteiger partial charge >= 0.3 is 0 Å². The van der Waals surface area contributed by atoms with Crippen LogP contribution in [0.25, 0.3) is 0 Å². The van der Waals surface area contributed by atoms with Crippen LogP contribution in [0.2, 0.25) is 0 Å². The summed E-state index contributed by atoms with van der Waals surface area (Å²) in [7, 11) is 0. The van der Waals surface area contributed by atoms with Crippen molar-refractivity contribution in [2.45, 2.75) is 40.2 Å². The molecule has 2 amide bonds. The number of likely N-dealkylation sites (N-methyl/N-ethyl adjacent to an activating group) is 1. The minimum atomic E-state index is -0.534. The number of anilines is 1. The van der Waals surface area contributed by atoms with Crippen LogP contribution < -0.4 is 16.4 Å². The van der Waals surface area contributed by atoms with Gasteiger partial charge in [0, 0.05) is 24.3 Å². The van der Waals surface area contributed by atoms with Crippen molar-refractivity contribution in [3.8, 4) is 0 Å². The Labute approximate surface area is 151 Å². The van der Waals surface area contributed by atoms with Crippen molar-refractivity contribution < 1.29 is 9.59 Å². The van der Waals surface area contributed by atoms with Crippen molar-refractivity contribution >= 4 is 17.5 Å². The van der Waals surface area contributed by atoms with Gasteiger partial charge in [0.25, 0.3) is 5.91 Å². The molecule has 2 unspecified atom stereocenters. The highest BCUT2D eigenvalue weighted by Crippen LogP contribution is 2.12. The molecule has 1 aromatic carbocycles. The van der Waals surface area contributed by atoms with E-state index in [1.165, 1.54) is 0 Å². The summed E-state index contributed by atoms with van der Waals surface area (Å²) in [5.41, 5.74) is 7.13. The summed E-state index contributed by atoms with van der Waals surface area (Å²) in [5, 5.41) is 5.71. The molecule has 0 aliphatic carbocycles. The van der Waals surface area contributed by atoms with E-state index in [0.29, 0.717) is 17.8 Å². The zero-order valence-corrected chi connectivity index (χ0v) is 15.8. The second-order valence-electron chi connectivity index (χ2n) is 6.26. The molecule has 6 heteroatoms. The van der Waals surface area contributed by atoms with Gasteiger partial charge in [0.15, 0.2) is 0 Å². The van der Waals surface area contributed by atoms with Crippen molar-refractivity contribution in [1.82, 2.24) is 10.2 Å². The third-order valence-corrected chi connectivity index (χ3v) is 4.58. The maximum absolute atomic E-state index is 12.1. The van der Waals surface area contributed by atoms with Crippen LogP contribution in [-0.4, -0.2) is 48.9 Å². The molecule has 1 aromatic rings. The first-order valence-corrected chi connectivity index (χ1v) is 9.09. The molecule has 0 aromatic heterocycles. The molecule has 0 aliphatic heterocycles. The van der Waals surface area contributed by atoms with E-state index in [1.807, 2.05) is 13.8 Å². The minimum Gasteiger partial charge on any atom is -0.351 e. The summed E-state index contributed by atoms with van der Waals surface area (Å²) >= 11 is 0. The number of nitrogens with zero attached hydrogens (tertiary/aromatic N) is 1. The number of benzene rings is 1. The molecule has 25 heavy (non-hydrogen) atoms. The highest BCUT2D eigenvalue weighted by atomic mass is 16.2. The number of hydrogen-bond donors (Lipinski definition) is 3. The molecule has 0 heterocycles. The number of carbonyl (C=O) groups is 2. The molecule has 0 aliphatic rings. The summed E-state index contributed by atoms with van der Waals surface area (Å²) in [6, 6.07) is 6.32. The van der Waals surface area contributed by atoms with Crippen molar-refractivity contribution in [2.75, 3.05) is 31.5 Å². The topological polar surface area (TPSA) is 87.5 Å². The lowest BCUT2D eigenvalue weighted by molar-refractivity contribution is -0.118. The standard InChI is InChI=1S/C19H32N4O2/c1-5-14(4)17(20)19(25)22-16-10-8-15(9-11-16)18(24)21-12-13-23(6-2)7-3/h8-11,14,17H,5-7,12-13,20H2,1-4H3,(H,21,24)(H,22,25). The fourth-order valence-electron chi connectivity index (χ4n) is 2.41. The zero-order valence-electron chi connectivity index (χ0n) is 15.8. The quantitative estimate of drug-likeness (QED) is 0.604. The SMILES string of the molecule is CCC(C)C(N)C(=O)Nc1ccc(C(=O)NCCN(CC)CC)cc1. The number of amides is 2. The summed E-state index contributed by atoms with van der Waals surface area (Å²) in [5.74, 6) is -0.192. The van der Waals surface area contributed by atoms with Crippen LogP contribution in [0.15, 0.2) is 24.3 Å². The number of rotatable bonds is 10. The molecular formula is C19H32N4O2. The smallest absolute Gasteiger partial charge is 0.251 e. The predicted molar refractivity (Wildman–Crippen MR) is 103 cm³/mol. The van der Waals surface area contributed by atoms with Crippen LogP contribution in [0.1, 0.15) is 44.5 Å². The van der Waals surface area contributed by atoms with Gasteiger partial charge in [0.2, 0.25) is 5.91 Å². The monoisotopic (exact) mass is 348 g/mol. The molecule has 2 atom stereocenters. The minimum absolute atomic E-state index is 0.110. The largest absolute Gasteiger partial charge is 0.351 e. The van der Waals surface area contributed by atoms with Crippen LogP contribution in [0, 0.1) is 5.92 Å². The maximum Gasteiger partial charge on any atom is 0.251 e. The first kappa shape index (κ1) is 21.1. The highest BCUT2D eigenvalue weighted by Gasteiger charge is 2.19. The average molecular weight is 348 g/mol. The Balaban J connectivity index is 2.52. The van der Waals surface area contributed by atoms with Crippen LogP contribution in [-0.2, 0) is 4.79 Å². The third-order valence-electron chi connectivity index (χ3n) is 4.58. The van der Waals surface area contributed by atoms with Gasteiger partial charge in [-0.1, -0.05) is 34.1 Å². The Bertz CT molecular complexity index is 541. The van der Waals surface area contributed by atoms with Crippen molar-refractivity contribution in [3.63, 3.8) is 0 Å². The van der Waals surface area contributed by atoms with Crippen molar-refractivity contribution in [3.05, 3.63) is 29.8 Å². The third kappa shape index (κ3) is 6.84. The Morgan fingerprint density at radius 1 is 1.12 bits per heavy atom. The predicted octanol–water partition coefficient (Wildman–Crippen LogP) is 2.07. The van der Waals surface area contributed by atoms with Gasteiger partial charge in [-0.3, -0.25) is 9.59 Å². The second-order valence-corrected chi connectivity index (χ2v) is 6.26. The molecule has 0 bridgehead atoms. The van der Waals surface area contributed by atoms with Crippen molar-refractivity contribution in [2.24, 2.45) is 11.7 Å². The van der Waals surface area contributed by atoms with E-state index in [-0.39, 0.29) is 17.7 Å². The summed E-state index contributed by atoms with van der Waals surface area (Å²) in [6.45, 7) is 11.6. The number of nitrogens with one attached hydrogen (secondary N) is 2. The molecule has 0 spiro atoms. The number of hydrogen-bond acceptors (Lipinski definition) is 4. The molecule has 0 saturated carbocycles. The van der Waals surface area contributed by atoms with E-state index >= 15 is 0 Å². The van der Waals surface area contributed by atoms with Crippen LogP contribution in [0.5, 0.6) is 0 Å². The van der Waals surface area contributed by atoms with Gasteiger partial charge in [-0.2, -0.15) is 0 Å². The van der Waals surface area contributed by atoms with Gasteiger partial charge < -0.3 is 21.3 Å². The van der Waals surface area contributed by atoms with E-state index < -0.39 is 6.04 Å². The average Bonchev–Trinajstić information content (AvgIpc) is 2.64. The fraction of sp³-hybridized carbons (Fsp3) is 0.579. The maximum atomic E-state index is 12.1. The molecule has 0 radical (unpaired) electrons. The van der Waals surface area contributed by atoms with Gasteiger partial charge in [-0.25, -0.2) is 0 Å². The van der Waals surface area contributed by atoms with E-state index in [1.54, 1.807) is 24.3 Å². The van der Waals surface area contributed by atoms with Gasteiger partial charge in [-0.15, -0.1) is 0 Å². The Hall–Kier alpha value is -1.92. The van der Waals surface area contributed by atoms with Gasteiger partial charge in [0.05, 0.1) is 6.04 Å². The van der Waals surface area contributed by atoms with E-state index in [4.69, 9.17) is 5.73 Å². The molecule has 0 saturated heterocycles. The Morgan fingerprint density at radius 3 is 2.24 bits per heavy atom. The summed E-state index contributed by atoms with van der Waals surface area (Å²) < 4.78 is 0. The number of nitrogens with two attached hydrogens (primary N) is 1. The Kier molecular flexibility index (Phi) is 9.16. The van der Waals surface area contributed by atoms with E-state index in [0.717, 1.165) is 26.1 Å². The first-order valence-electron chi connectivity index (χ1n) is 9.09. The summed E-state index contributed by atoms with van der Waals surface area (Å²) in [4.78, 5) is 26.5. The second kappa shape index (κ2) is 10.8. The lowest BCUT2D eigenvalue weighted by atomic mass is 9.99. The van der Waals surface area contributed by atoms with Crippen molar-refractivity contribution in [1.29, 1.82) is 0 Å². The van der Waals surface area contributed by atoms with E-state index in [2.05, 4.69) is 29.4 Å². The summed E-state index contributed by atoms with van der Waals surface area (Å²) in [6.07, 6.45) is 0.848. The van der Waals surface area contributed by atoms with Gasteiger partial charge in [-0.05, 0) is 43.3 Å². The molecule has 4 N–H and O–H groups in total. The zero-order chi connectivity index (χ0) is 18.8. The van der Waals surface area contributed by atoms with Gasteiger partial charge in [0.1, 0.15) is 0 Å². The molecule has 140 valence electrons.